The van der Waals surface area contributed by atoms with Crippen LogP contribution in [0.15, 0.2) is 12.8 Å². The Hall–Kier alpha value is -1.32. The first-order chi connectivity index (χ1) is 4.70. The predicted octanol–water partition coefficient (Wildman–Crippen LogP) is -0.212. The maximum Gasteiger partial charge on any atom is 0.240 e. The standard InChI is InChI=1S/C6H9N2O2/c1-2-8(5-9)4-3-6(7)10/h2,5,7H,1,3-4H2. The quantitative estimate of drug-likeness (QED) is 0.497. The molecular formula is C6H9N2O2. The predicted molar refractivity (Wildman–Crippen MR) is 35.7 cm³/mol. The summed E-state index contributed by atoms with van der Waals surface area (Å²) >= 11 is 0. The lowest BCUT2D eigenvalue weighted by molar-refractivity contribution is -0.119. The zero-order valence-corrected chi connectivity index (χ0v) is 5.54. The Kier molecular flexibility index (Phi) is 3.95. The van der Waals surface area contributed by atoms with Gasteiger partial charge in [0.15, 0.2) is 0 Å². The first-order valence-corrected chi connectivity index (χ1v) is 2.78. The van der Waals surface area contributed by atoms with Crippen molar-refractivity contribution in [2.24, 2.45) is 0 Å². The molecule has 0 bridgehead atoms. The minimum Gasteiger partial charge on any atom is -0.322 e. The fourth-order valence-electron chi connectivity index (χ4n) is 0.418. The van der Waals surface area contributed by atoms with Crippen LogP contribution in [0.5, 0.6) is 0 Å². The summed E-state index contributed by atoms with van der Waals surface area (Å²) in [7, 11) is 0. The van der Waals surface area contributed by atoms with Gasteiger partial charge in [-0.05, 0) is 6.20 Å². The molecule has 0 aromatic rings. The highest BCUT2D eigenvalue weighted by Gasteiger charge is 1.98. The fourth-order valence-corrected chi connectivity index (χ4v) is 0.418. The van der Waals surface area contributed by atoms with E-state index in [4.69, 9.17) is 5.73 Å². The second-order valence-corrected chi connectivity index (χ2v) is 1.70. The molecule has 4 heteroatoms. The van der Waals surface area contributed by atoms with Crippen LogP contribution in [-0.4, -0.2) is 23.8 Å². The lowest BCUT2D eigenvalue weighted by atomic mass is 10.4. The zero-order valence-electron chi connectivity index (χ0n) is 5.54. The molecule has 0 saturated heterocycles. The molecule has 10 heavy (non-hydrogen) atoms. The summed E-state index contributed by atoms with van der Waals surface area (Å²) < 4.78 is 0. The van der Waals surface area contributed by atoms with Crippen LogP contribution in [-0.2, 0) is 9.59 Å². The van der Waals surface area contributed by atoms with E-state index in [1.165, 1.54) is 11.1 Å². The summed E-state index contributed by atoms with van der Waals surface area (Å²) in [6.45, 7) is 3.58. The molecule has 0 spiro atoms. The molecule has 1 radical (unpaired) electrons. The van der Waals surface area contributed by atoms with Crippen LogP contribution >= 0.6 is 0 Å². The number of nitrogens with zero attached hydrogens (tertiary/aromatic N) is 1. The van der Waals surface area contributed by atoms with Gasteiger partial charge in [-0.3, -0.25) is 15.3 Å². The van der Waals surface area contributed by atoms with Crippen molar-refractivity contribution >= 4 is 12.3 Å². The van der Waals surface area contributed by atoms with Crippen LogP contribution in [0.25, 0.3) is 0 Å². The van der Waals surface area contributed by atoms with Gasteiger partial charge in [-0.1, -0.05) is 6.58 Å². The topological polar surface area (TPSA) is 61.2 Å². The molecule has 55 valence electrons. The molecule has 0 fully saturated rings. The van der Waals surface area contributed by atoms with Crippen LogP contribution in [0.4, 0.5) is 0 Å². The summed E-state index contributed by atoms with van der Waals surface area (Å²) in [5.74, 6) is -0.672. The molecule has 0 unspecified atom stereocenters. The third-order valence-corrected chi connectivity index (χ3v) is 0.967. The van der Waals surface area contributed by atoms with Crippen LogP contribution in [0.3, 0.4) is 0 Å². The van der Waals surface area contributed by atoms with Crippen LogP contribution in [0, 0.1) is 0 Å². The van der Waals surface area contributed by atoms with Gasteiger partial charge in [0.05, 0.1) is 0 Å². The van der Waals surface area contributed by atoms with E-state index < -0.39 is 5.91 Å². The molecule has 2 amide bonds. The third-order valence-electron chi connectivity index (χ3n) is 0.967. The number of rotatable bonds is 5. The first-order valence-electron chi connectivity index (χ1n) is 2.78. The normalized spacial score (nSPS) is 8.40. The van der Waals surface area contributed by atoms with Crippen molar-refractivity contribution in [3.05, 3.63) is 12.8 Å². The summed E-state index contributed by atoms with van der Waals surface area (Å²) in [6, 6.07) is 0. The van der Waals surface area contributed by atoms with Crippen molar-refractivity contribution in [1.82, 2.24) is 10.6 Å². The molecule has 0 aliphatic carbocycles. The smallest absolute Gasteiger partial charge is 0.240 e. The molecule has 0 aromatic heterocycles. The van der Waals surface area contributed by atoms with E-state index in [9.17, 15) is 9.59 Å². The first kappa shape index (κ1) is 8.68. The van der Waals surface area contributed by atoms with Gasteiger partial charge in [0.1, 0.15) is 0 Å². The summed E-state index contributed by atoms with van der Waals surface area (Å²) in [6.07, 6.45) is 1.94. The Morgan fingerprint density at radius 2 is 2.30 bits per heavy atom. The van der Waals surface area contributed by atoms with E-state index in [0.717, 1.165) is 0 Å². The van der Waals surface area contributed by atoms with Crippen molar-refractivity contribution in [3.63, 3.8) is 0 Å². The van der Waals surface area contributed by atoms with Crippen molar-refractivity contribution in [1.29, 1.82) is 0 Å². The highest BCUT2D eigenvalue weighted by atomic mass is 16.1. The number of nitrogens with one attached hydrogen (secondary N) is 1. The van der Waals surface area contributed by atoms with Gasteiger partial charge in [-0.25, -0.2) is 0 Å². The zero-order chi connectivity index (χ0) is 7.98. The van der Waals surface area contributed by atoms with Crippen molar-refractivity contribution in [2.45, 2.75) is 6.42 Å². The van der Waals surface area contributed by atoms with Gasteiger partial charge >= 0.3 is 0 Å². The molecule has 0 saturated carbocycles. The Morgan fingerprint density at radius 1 is 1.70 bits per heavy atom. The largest absolute Gasteiger partial charge is 0.322 e. The number of hydrogen-bond donors (Lipinski definition) is 0. The summed E-state index contributed by atoms with van der Waals surface area (Å²) in [4.78, 5) is 21.3. The Bertz CT molecular complexity index is 137. The molecule has 0 rings (SSSR count). The summed E-state index contributed by atoms with van der Waals surface area (Å²) in [5.41, 5.74) is 6.51. The molecule has 0 heterocycles. The van der Waals surface area contributed by atoms with Gasteiger partial charge < -0.3 is 4.90 Å². The van der Waals surface area contributed by atoms with E-state index in [0.29, 0.717) is 6.41 Å². The fraction of sp³-hybridized carbons (Fsp3) is 0.333. The molecular weight excluding hydrogens is 132 g/mol. The minimum atomic E-state index is -0.672. The van der Waals surface area contributed by atoms with Crippen LogP contribution < -0.4 is 5.73 Å². The molecule has 0 atom stereocenters. The van der Waals surface area contributed by atoms with E-state index >= 15 is 0 Å². The van der Waals surface area contributed by atoms with Crippen molar-refractivity contribution < 1.29 is 9.59 Å². The second kappa shape index (κ2) is 4.55. The maximum absolute atomic E-state index is 10.1. The lowest BCUT2D eigenvalue weighted by Crippen LogP contribution is -2.18. The molecule has 0 aromatic carbocycles. The molecule has 1 N–H and O–H groups in total. The van der Waals surface area contributed by atoms with Gasteiger partial charge in [-0.2, -0.15) is 0 Å². The van der Waals surface area contributed by atoms with E-state index in [2.05, 4.69) is 6.58 Å². The Balaban J connectivity index is 3.54. The average Bonchev–Trinajstić information content (AvgIpc) is 1.90. The minimum absolute atomic E-state index is 0.0603. The number of carbonyl (C=O) groups is 2. The molecule has 4 nitrogen and oxygen atoms in total. The van der Waals surface area contributed by atoms with Gasteiger partial charge in [0, 0.05) is 13.0 Å². The van der Waals surface area contributed by atoms with E-state index in [1.807, 2.05) is 0 Å². The van der Waals surface area contributed by atoms with E-state index in [-0.39, 0.29) is 13.0 Å². The third kappa shape index (κ3) is 3.65. The van der Waals surface area contributed by atoms with E-state index in [1.54, 1.807) is 0 Å². The van der Waals surface area contributed by atoms with Gasteiger partial charge in [0.2, 0.25) is 12.3 Å². The van der Waals surface area contributed by atoms with Gasteiger partial charge in [-0.15, -0.1) is 0 Å². The maximum atomic E-state index is 10.1. The lowest BCUT2D eigenvalue weighted by Gasteiger charge is -2.07. The number of amides is 2. The average molecular weight is 141 g/mol. The van der Waals surface area contributed by atoms with Crippen molar-refractivity contribution in [2.75, 3.05) is 6.54 Å². The summed E-state index contributed by atoms with van der Waals surface area (Å²) in [5, 5.41) is 0. The molecule has 0 aliphatic heterocycles. The van der Waals surface area contributed by atoms with Gasteiger partial charge in [0.25, 0.3) is 0 Å². The monoisotopic (exact) mass is 141 g/mol. The van der Waals surface area contributed by atoms with Crippen molar-refractivity contribution in [3.8, 4) is 0 Å². The highest BCUT2D eigenvalue weighted by Crippen LogP contribution is 1.86. The second-order valence-electron chi connectivity index (χ2n) is 1.70. The number of carbonyl (C=O) groups excluding carboxylic acids is 2. The number of hydrogen-bond acceptors (Lipinski definition) is 2. The SMILES string of the molecule is C=CN(C=O)CCC([NH])=O. The Morgan fingerprint density at radius 3 is 2.60 bits per heavy atom. The van der Waals surface area contributed by atoms with Crippen LogP contribution in [0.2, 0.25) is 0 Å². The molecule has 0 aliphatic rings. The van der Waals surface area contributed by atoms with Crippen LogP contribution in [0.1, 0.15) is 6.42 Å². The Labute approximate surface area is 59.3 Å². The highest BCUT2D eigenvalue weighted by molar-refractivity contribution is 5.73.